The number of fused-ring (bicyclic) bond motifs is 1. The average Bonchev–Trinajstić information content (AvgIpc) is 1.62. The van der Waals surface area contributed by atoms with Crippen LogP contribution in [0.4, 0.5) is 13.2 Å². The van der Waals surface area contributed by atoms with Gasteiger partial charge in [-0.2, -0.15) is 5.10 Å². The van der Waals surface area contributed by atoms with Gasteiger partial charge < -0.3 is 30.9 Å². The summed E-state index contributed by atoms with van der Waals surface area (Å²) < 4.78 is 40.9. The van der Waals surface area contributed by atoms with E-state index in [1.807, 2.05) is 37.3 Å². The summed E-state index contributed by atoms with van der Waals surface area (Å²) in [6.07, 6.45) is 1.52. The van der Waals surface area contributed by atoms with E-state index in [4.69, 9.17) is 22.4 Å². The van der Waals surface area contributed by atoms with Crippen molar-refractivity contribution in [2.75, 3.05) is 58.9 Å². The quantitative estimate of drug-likeness (QED) is 0.0500. The number of aromatic amines is 3. The summed E-state index contributed by atoms with van der Waals surface area (Å²) in [6.45, 7) is 29.8. The van der Waals surface area contributed by atoms with Crippen LogP contribution >= 0.6 is 11.6 Å². The molecule has 21 nitrogen and oxygen atoms in total. The average molecular weight is 1430 g/mol. The van der Waals surface area contributed by atoms with E-state index >= 15 is 0 Å². The molecule has 4 aromatic heterocycles. The summed E-state index contributed by atoms with van der Waals surface area (Å²) in [6, 6.07) is 43.4. The van der Waals surface area contributed by atoms with Gasteiger partial charge in [0.25, 0.3) is 27.8 Å². The number of imidazole rings is 1. The van der Waals surface area contributed by atoms with Crippen molar-refractivity contribution in [1.82, 2.24) is 74.9 Å². The molecule has 0 bridgehead atoms. The molecule has 10 aromatic rings. The maximum Gasteiger partial charge on any atom is 0.276 e. The van der Waals surface area contributed by atoms with Gasteiger partial charge in [-0.3, -0.25) is 38.7 Å². The molecule has 6 atom stereocenters. The standard InChI is InChI=1S/C24H26FN5O2.C24H24FN5O.C16H21N5O.C8H6ClFO.C6H15N/c1-15-10-18(25)8-9-19(15)23(31)26-11-21-24(32)27-22(29-28-21)20-14-30(12-16(20)2)13-17-6-4-3-5-7-17;1-15-10-18(25)8-9-19(15)23-26-11-21-24(31)27-22(28-30(21)23)20-14-29(12-16(20)2)13-17-6-4-3-5-7-17;1-11-8-21(9-12-5-3-2-4-6-12)10-13(11)15-18-16(22)14(7-17)19-20-15;1-5-4-6(10)2-3-7(5)8(9)11;1-4-7(5-2)6-3/h3-10,16,20H,11-14H2,1-2H3,(H,26,31)(H,27,29,32);3-11,16,20H,12-14H2,1-2H3,(H,27,28,31);2-6,11,13H,7-10,17H2,1H3,(H,18,20,22);2-4H,1H3;4-6H2,1-3H3. The number of rotatable bonds is 18. The molecule has 3 fully saturated rings. The molecule has 0 saturated carbocycles. The largest absolute Gasteiger partial charge is 0.346 e. The second-order valence-electron chi connectivity index (χ2n) is 26.6. The first-order valence-electron chi connectivity index (χ1n) is 34.9. The molecule has 1 amide bonds. The van der Waals surface area contributed by atoms with E-state index in [-0.39, 0.29) is 70.5 Å². The number of carbonyl (C=O) groups excluding carboxylic acids is 2. The molecule has 103 heavy (non-hydrogen) atoms. The number of nitrogens with zero attached hydrogens (tertiary/aromatic N) is 11. The number of benzene rings is 6. The van der Waals surface area contributed by atoms with Crippen LogP contribution in [-0.4, -0.2) is 140 Å². The summed E-state index contributed by atoms with van der Waals surface area (Å²) >= 11 is 5.20. The Morgan fingerprint density at radius 2 is 0.942 bits per heavy atom. The molecule has 6 aromatic carbocycles. The molecule has 7 heterocycles. The molecular formula is C78H92ClF3N16O5. The Hall–Kier alpha value is -9.69. The molecule has 3 aliphatic heterocycles. The lowest BCUT2D eigenvalue weighted by Crippen LogP contribution is -2.30. The van der Waals surface area contributed by atoms with Gasteiger partial charge in [-0.25, -0.2) is 22.7 Å². The maximum atomic E-state index is 13.6. The Balaban J connectivity index is 0.000000162. The van der Waals surface area contributed by atoms with E-state index in [9.17, 15) is 37.1 Å². The van der Waals surface area contributed by atoms with Crippen molar-refractivity contribution in [3.8, 4) is 11.4 Å². The Labute approximate surface area is 603 Å². The number of halogens is 4. The fraction of sp³-hybridized carbons (Fsp3) is 0.372. The number of likely N-dealkylation sites (tertiary alicyclic amines) is 3. The van der Waals surface area contributed by atoms with E-state index in [0.717, 1.165) is 70.0 Å². The number of aryl methyl sites for hydroxylation is 3. The summed E-state index contributed by atoms with van der Waals surface area (Å²) in [5, 5.41) is 23.4. The van der Waals surface area contributed by atoms with Crippen molar-refractivity contribution >= 4 is 28.3 Å². The Morgan fingerprint density at radius 3 is 1.34 bits per heavy atom. The monoisotopic (exact) mass is 1420 g/mol. The van der Waals surface area contributed by atoms with Gasteiger partial charge >= 0.3 is 0 Å². The zero-order valence-electron chi connectivity index (χ0n) is 59.8. The predicted octanol–water partition coefficient (Wildman–Crippen LogP) is 11.3. The third-order valence-electron chi connectivity index (χ3n) is 19.1. The van der Waals surface area contributed by atoms with E-state index in [0.29, 0.717) is 68.8 Å². The van der Waals surface area contributed by atoms with Crippen LogP contribution in [0.5, 0.6) is 0 Å². The highest BCUT2D eigenvalue weighted by atomic mass is 35.5. The van der Waals surface area contributed by atoms with Crippen molar-refractivity contribution in [2.24, 2.45) is 23.5 Å². The van der Waals surface area contributed by atoms with Gasteiger partial charge in [-0.05, 0) is 158 Å². The van der Waals surface area contributed by atoms with Crippen LogP contribution in [0.1, 0.15) is 142 Å². The SMILES string of the molecule is CC1CN(Cc2ccccc2)CC1c1nnc(CN)c(=O)[nH]1.CCN(CC)CC.Cc1cc(F)ccc1-c1ncc2c(=O)[nH]c(C3CN(Cc4ccccc4)CC3C)nn12.Cc1cc(F)ccc1C(=O)Cl.Cc1cc(F)ccc1C(=O)NCc1nnc(C2CN(Cc3ccccc3)CC2C)[nH]c1=O. The fourth-order valence-corrected chi connectivity index (χ4v) is 13.5. The molecule has 13 rings (SSSR count). The topological polar surface area (TPSA) is 265 Å². The highest BCUT2D eigenvalue weighted by Crippen LogP contribution is 2.34. The lowest BCUT2D eigenvalue weighted by molar-refractivity contribution is 0.0949. The normalized spacial score (nSPS) is 18.0. The molecule has 3 saturated heterocycles. The minimum atomic E-state index is -0.553. The Kier molecular flexibility index (Phi) is 27.8. The maximum absolute atomic E-state index is 13.6. The Bertz CT molecular complexity index is 4630. The van der Waals surface area contributed by atoms with E-state index in [1.54, 1.807) is 24.4 Å². The highest BCUT2D eigenvalue weighted by molar-refractivity contribution is 6.67. The molecule has 6 unspecified atom stereocenters. The van der Waals surface area contributed by atoms with Gasteiger partial charge in [0.15, 0.2) is 11.3 Å². The Morgan fingerprint density at radius 1 is 0.534 bits per heavy atom. The fourth-order valence-electron chi connectivity index (χ4n) is 13.3. The summed E-state index contributed by atoms with van der Waals surface area (Å²) in [4.78, 5) is 82.8. The van der Waals surface area contributed by atoms with Gasteiger partial charge in [0, 0.05) is 99.9 Å². The number of carbonyl (C=O) groups is 2. The molecular weight excluding hydrogens is 1330 g/mol. The third-order valence-corrected chi connectivity index (χ3v) is 19.3. The molecule has 0 aliphatic carbocycles. The van der Waals surface area contributed by atoms with Crippen LogP contribution in [0, 0.1) is 56.0 Å². The van der Waals surface area contributed by atoms with Gasteiger partial charge in [0.2, 0.25) is 0 Å². The van der Waals surface area contributed by atoms with Crippen LogP contribution in [0.25, 0.3) is 16.9 Å². The first-order chi connectivity index (χ1) is 49.5. The van der Waals surface area contributed by atoms with Crippen LogP contribution in [0.2, 0.25) is 0 Å². The van der Waals surface area contributed by atoms with Crippen molar-refractivity contribution in [2.45, 2.75) is 113 Å². The smallest absolute Gasteiger partial charge is 0.276 e. The summed E-state index contributed by atoms with van der Waals surface area (Å²) in [5.74, 6) is 2.52. The molecule has 25 heteroatoms. The molecule has 0 radical (unpaired) electrons. The number of hydrogen-bond acceptors (Lipinski definition) is 16. The molecule has 542 valence electrons. The van der Waals surface area contributed by atoms with Gasteiger partial charge in [0.1, 0.15) is 46.3 Å². The number of amides is 1. The molecule has 3 aliphatic rings. The zero-order valence-corrected chi connectivity index (χ0v) is 60.6. The van der Waals surface area contributed by atoms with E-state index < -0.39 is 17.0 Å². The van der Waals surface area contributed by atoms with Crippen molar-refractivity contribution < 1.29 is 22.8 Å². The van der Waals surface area contributed by atoms with Crippen molar-refractivity contribution in [3.05, 3.63) is 274 Å². The van der Waals surface area contributed by atoms with Gasteiger partial charge in [0.05, 0.1) is 12.7 Å². The lowest BCUT2D eigenvalue weighted by atomic mass is 9.97. The summed E-state index contributed by atoms with van der Waals surface area (Å²) in [5.41, 5.74) is 12.6. The molecule has 0 spiro atoms. The van der Waals surface area contributed by atoms with Crippen molar-refractivity contribution in [3.63, 3.8) is 0 Å². The van der Waals surface area contributed by atoms with Crippen LogP contribution in [0.15, 0.2) is 166 Å². The first-order valence-corrected chi connectivity index (χ1v) is 35.3. The van der Waals surface area contributed by atoms with Crippen LogP contribution < -0.4 is 27.7 Å². The first kappa shape index (κ1) is 77.5. The number of aromatic nitrogens is 10. The second-order valence-corrected chi connectivity index (χ2v) is 27.0. The second kappa shape index (κ2) is 37.0. The number of hydrogen-bond donors (Lipinski definition) is 5. The van der Waals surface area contributed by atoms with E-state index in [2.05, 4.69) is 167 Å². The van der Waals surface area contributed by atoms with Crippen LogP contribution in [-0.2, 0) is 32.7 Å². The van der Waals surface area contributed by atoms with E-state index in [1.165, 1.54) is 91.1 Å². The van der Waals surface area contributed by atoms with Crippen LogP contribution in [0.3, 0.4) is 0 Å². The minimum Gasteiger partial charge on any atom is -0.346 e. The third kappa shape index (κ3) is 21.0. The zero-order chi connectivity index (χ0) is 73.9. The van der Waals surface area contributed by atoms with Crippen molar-refractivity contribution in [1.29, 1.82) is 0 Å². The van der Waals surface area contributed by atoms with Gasteiger partial charge in [-0.1, -0.05) is 133 Å². The predicted molar refractivity (Wildman–Crippen MR) is 395 cm³/mol. The number of H-pyrrole nitrogens is 3. The number of nitrogens with one attached hydrogen (secondary N) is 4. The van der Waals surface area contributed by atoms with Gasteiger partial charge in [-0.15, -0.1) is 20.4 Å². The minimum absolute atomic E-state index is 0.0569. The molecule has 6 N–H and O–H groups in total. The summed E-state index contributed by atoms with van der Waals surface area (Å²) in [7, 11) is 0. The number of nitrogens with two attached hydrogens (primary N) is 1. The lowest BCUT2D eigenvalue weighted by Gasteiger charge is -2.16. The highest BCUT2D eigenvalue weighted by Gasteiger charge is 2.36.